The summed E-state index contributed by atoms with van der Waals surface area (Å²) >= 11 is 0. The van der Waals surface area contributed by atoms with E-state index in [2.05, 4.69) is 36.7 Å². The Balaban J connectivity index is 1.83. The van der Waals surface area contributed by atoms with Gasteiger partial charge in [0.05, 0.1) is 19.8 Å². The number of rotatable bonds is 10. The Morgan fingerprint density at radius 2 is 2.19 bits per heavy atom. The van der Waals surface area contributed by atoms with Crippen LogP contribution in [0.15, 0.2) is 30.4 Å². The van der Waals surface area contributed by atoms with Crippen molar-refractivity contribution in [1.82, 2.24) is 10.2 Å². The molecule has 1 unspecified atom stereocenters. The first-order valence-electron chi connectivity index (χ1n) is 9.46. The lowest BCUT2D eigenvalue weighted by molar-refractivity contribution is -0.0303. The lowest BCUT2D eigenvalue weighted by Crippen LogP contribution is -2.47. The molecule has 1 saturated heterocycles. The highest BCUT2D eigenvalue weighted by Gasteiger charge is 2.20. The van der Waals surface area contributed by atoms with Gasteiger partial charge in [0.2, 0.25) is 0 Å². The van der Waals surface area contributed by atoms with Gasteiger partial charge in [-0.1, -0.05) is 26.5 Å². The third-order valence-corrected chi connectivity index (χ3v) is 4.25. The van der Waals surface area contributed by atoms with Gasteiger partial charge in [0, 0.05) is 32.7 Å². The fraction of sp³-hybridized carbons (Fsp3) is 0.619. The van der Waals surface area contributed by atoms with Crippen LogP contribution >= 0.6 is 0 Å². The molecule has 1 aromatic carbocycles. The summed E-state index contributed by atoms with van der Waals surface area (Å²) in [5.41, 5.74) is 2.15. The van der Waals surface area contributed by atoms with Crippen molar-refractivity contribution in [3.8, 4) is 11.5 Å². The summed E-state index contributed by atoms with van der Waals surface area (Å²) in [5, 5.41) is 3.51. The van der Waals surface area contributed by atoms with E-state index in [0.717, 1.165) is 62.0 Å². The van der Waals surface area contributed by atoms with Crippen molar-refractivity contribution in [3.63, 3.8) is 0 Å². The fourth-order valence-electron chi connectivity index (χ4n) is 3.11. The van der Waals surface area contributed by atoms with Crippen LogP contribution in [0.25, 0.3) is 0 Å². The van der Waals surface area contributed by atoms with Crippen molar-refractivity contribution in [1.29, 1.82) is 0 Å². The fourth-order valence-corrected chi connectivity index (χ4v) is 3.11. The zero-order chi connectivity index (χ0) is 18.9. The molecule has 2 rings (SSSR count). The number of nitrogens with one attached hydrogen (secondary N) is 1. The molecule has 1 aliphatic rings. The first-order chi connectivity index (χ1) is 12.5. The molecule has 1 atom stereocenters. The lowest BCUT2D eigenvalue weighted by atomic mass is 10.1. The van der Waals surface area contributed by atoms with Crippen molar-refractivity contribution in [3.05, 3.63) is 35.9 Å². The maximum absolute atomic E-state index is 5.89. The Morgan fingerprint density at radius 1 is 1.38 bits per heavy atom. The standard InChI is InChI=1S/C21H34N2O3/c1-16(2)13-23-8-9-25-19(14-23)12-22-11-18-6-7-20(24-5)21(10-18)26-15-17(3)4/h6-7,10,16,19,22H,3,8-9,11-15H2,1-2,4-5H3. The SMILES string of the molecule is C=C(C)COc1cc(CNCC2CN(CC(C)C)CCO2)ccc1OC. The summed E-state index contributed by atoms with van der Waals surface area (Å²) in [6.07, 6.45) is 0.250. The van der Waals surface area contributed by atoms with Gasteiger partial charge in [0.25, 0.3) is 0 Å². The highest BCUT2D eigenvalue weighted by molar-refractivity contribution is 5.43. The van der Waals surface area contributed by atoms with Crippen LogP contribution in [0.3, 0.4) is 0 Å². The van der Waals surface area contributed by atoms with Gasteiger partial charge in [0.15, 0.2) is 11.5 Å². The van der Waals surface area contributed by atoms with Crippen LogP contribution in [0.1, 0.15) is 26.3 Å². The van der Waals surface area contributed by atoms with Gasteiger partial charge in [-0.2, -0.15) is 0 Å². The van der Waals surface area contributed by atoms with Gasteiger partial charge in [-0.05, 0) is 36.1 Å². The highest BCUT2D eigenvalue weighted by Crippen LogP contribution is 2.28. The Kier molecular flexibility index (Phi) is 8.42. The molecule has 0 bridgehead atoms. The number of ether oxygens (including phenoxy) is 3. The molecule has 0 spiro atoms. The average Bonchev–Trinajstić information content (AvgIpc) is 2.60. The number of nitrogens with zero attached hydrogens (tertiary/aromatic N) is 1. The van der Waals surface area contributed by atoms with E-state index in [4.69, 9.17) is 14.2 Å². The number of methoxy groups -OCH3 is 1. The molecule has 1 heterocycles. The Bertz CT molecular complexity index is 574. The van der Waals surface area contributed by atoms with E-state index in [1.165, 1.54) is 0 Å². The van der Waals surface area contributed by atoms with Crippen molar-refractivity contribution >= 4 is 0 Å². The van der Waals surface area contributed by atoms with Crippen LogP contribution in [0, 0.1) is 5.92 Å². The molecule has 1 N–H and O–H groups in total. The van der Waals surface area contributed by atoms with Gasteiger partial charge in [0.1, 0.15) is 6.61 Å². The van der Waals surface area contributed by atoms with E-state index in [1.807, 2.05) is 19.1 Å². The van der Waals surface area contributed by atoms with Crippen molar-refractivity contribution in [2.45, 2.75) is 33.4 Å². The molecular weight excluding hydrogens is 328 g/mol. The van der Waals surface area contributed by atoms with Crippen molar-refractivity contribution in [2.75, 3.05) is 46.5 Å². The van der Waals surface area contributed by atoms with E-state index in [1.54, 1.807) is 7.11 Å². The van der Waals surface area contributed by atoms with Gasteiger partial charge in [-0.25, -0.2) is 0 Å². The molecule has 5 nitrogen and oxygen atoms in total. The summed E-state index contributed by atoms with van der Waals surface area (Å²) in [5.74, 6) is 2.19. The van der Waals surface area contributed by atoms with E-state index in [9.17, 15) is 0 Å². The van der Waals surface area contributed by atoms with Crippen LogP contribution in [-0.4, -0.2) is 57.5 Å². The number of hydrogen-bond acceptors (Lipinski definition) is 5. The number of morpholine rings is 1. The molecule has 0 aliphatic carbocycles. The minimum Gasteiger partial charge on any atom is -0.493 e. The molecular formula is C21H34N2O3. The van der Waals surface area contributed by atoms with Gasteiger partial charge in [-0.15, -0.1) is 0 Å². The van der Waals surface area contributed by atoms with E-state index >= 15 is 0 Å². The van der Waals surface area contributed by atoms with E-state index < -0.39 is 0 Å². The predicted molar refractivity (Wildman–Crippen MR) is 106 cm³/mol. The molecule has 1 fully saturated rings. The Labute approximate surface area is 158 Å². The van der Waals surface area contributed by atoms with Gasteiger partial charge >= 0.3 is 0 Å². The van der Waals surface area contributed by atoms with Crippen LogP contribution in [0.4, 0.5) is 0 Å². The number of benzene rings is 1. The minimum atomic E-state index is 0.250. The molecule has 0 saturated carbocycles. The van der Waals surface area contributed by atoms with Crippen LogP contribution in [0.5, 0.6) is 11.5 Å². The normalized spacial score (nSPS) is 18.1. The van der Waals surface area contributed by atoms with Crippen molar-refractivity contribution < 1.29 is 14.2 Å². The van der Waals surface area contributed by atoms with Crippen molar-refractivity contribution in [2.24, 2.45) is 5.92 Å². The summed E-state index contributed by atoms with van der Waals surface area (Å²) in [4.78, 5) is 2.50. The summed E-state index contributed by atoms with van der Waals surface area (Å²) in [7, 11) is 1.66. The lowest BCUT2D eigenvalue weighted by Gasteiger charge is -2.34. The van der Waals surface area contributed by atoms with E-state index in [0.29, 0.717) is 12.5 Å². The van der Waals surface area contributed by atoms with Gasteiger partial charge < -0.3 is 19.5 Å². The van der Waals surface area contributed by atoms with Crippen LogP contribution < -0.4 is 14.8 Å². The molecule has 5 heteroatoms. The largest absolute Gasteiger partial charge is 0.493 e. The Hall–Kier alpha value is -1.56. The minimum absolute atomic E-state index is 0.250. The quantitative estimate of drug-likeness (QED) is 0.648. The van der Waals surface area contributed by atoms with Crippen LogP contribution in [0.2, 0.25) is 0 Å². The molecule has 0 amide bonds. The second kappa shape index (κ2) is 10.6. The van der Waals surface area contributed by atoms with Gasteiger partial charge in [-0.3, -0.25) is 4.90 Å². The second-order valence-corrected chi connectivity index (χ2v) is 7.51. The predicted octanol–water partition coefficient (Wildman–Crippen LogP) is 3.10. The molecule has 0 aromatic heterocycles. The average molecular weight is 363 g/mol. The topological polar surface area (TPSA) is 43.0 Å². The molecule has 1 aliphatic heterocycles. The monoisotopic (exact) mass is 362 g/mol. The Morgan fingerprint density at radius 3 is 2.88 bits per heavy atom. The smallest absolute Gasteiger partial charge is 0.161 e. The zero-order valence-electron chi connectivity index (χ0n) is 16.7. The second-order valence-electron chi connectivity index (χ2n) is 7.51. The first-order valence-corrected chi connectivity index (χ1v) is 9.46. The molecule has 0 radical (unpaired) electrons. The first kappa shape index (κ1) is 20.7. The number of hydrogen-bond donors (Lipinski definition) is 1. The maximum atomic E-state index is 5.89. The molecule has 1 aromatic rings. The third kappa shape index (κ3) is 6.98. The van der Waals surface area contributed by atoms with E-state index in [-0.39, 0.29) is 6.10 Å². The highest BCUT2D eigenvalue weighted by atomic mass is 16.5. The summed E-state index contributed by atoms with van der Waals surface area (Å²) < 4.78 is 17.1. The molecule has 26 heavy (non-hydrogen) atoms. The summed E-state index contributed by atoms with van der Waals surface area (Å²) in [6, 6.07) is 6.04. The zero-order valence-corrected chi connectivity index (χ0v) is 16.7. The summed E-state index contributed by atoms with van der Waals surface area (Å²) in [6.45, 7) is 16.5. The van der Waals surface area contributed by atoms with Crippen LogP contribution in [-0.2, 0) is 11.3 Å². The molecule has 146 valence electrons. The maximum Gasteiger partial charge on any atom is 0.161 e. The third-order valence-electron chi connectivity index (χ3n) is 4.25.